The highest BCUT2D eigenvalue weighted by atomic mass is 16.6. The number of hydrogen-bond acceptors (Lipinski definition) is 3. The molecule has 0 atom stereocenters. The van der Waals surface area contributed by atoms with Crippen molar-refractivity contribution in [3.63, 3.8) is 0 Å². The van der Waals surface area contributed by atoms with E-state index < -0.39 is 17.4 Å². The van der Waals surface area contributed by atoms with E-state index in [2.05, 4.69) is 4.98 Å². The number of aromatic amines is 1. The zero-order chi connectivity index (χ0) is 13.5. The molecule has 96 valence electrons. The van der Waals surface area contributed by atoms with Crippen LogP contribution >= 0.6 is 0 Å². The summed E-state index contributed by atoms with van der Waals surface area (Å²) in [4.78, 5) is 26.4. The molecule has 1 heterocycles. The van der Waals surface area contributed by atoms with Crippen LogP contribution in [0.25, 0.3) is 11.0 Å². The van der Waals surface area contributed by atoms with Crippen LogP contribution in [0.5, 0.6) is 0 Å². The van der Waals surface area contributed by atoms with Gasteiger partial charge in [0.2, 0.25) is 0 Å². The van der Waals surface area contributed by atoms with E-state index in [-0.39, 0.29) is 0 Å². The lowest BCUT2D eigenvalue weighted by Gasteiger charge is -2.19. The normalized spacial score (nSPS) is 11.8. The van der Waals surface area contributed by atoms with Crippen LogP contribution in [0.3, 0.4) is 0 Å². The number of nitrogens with one attached hydrogen (secondary N) is 1. The summed E-state index contributed by atoms with van der Waals surface area (Å²) in [7, 11) is 0. The summed E-state index contributed by atoms with van der Waals surface area (Å²) in [5.74, 6) is 0. The molecule has 1 aromatic heterocycles. The molecule has 5 heteroatoms. The fourth-order valence-electron chi connectivity index (χ4n) is 1.71. The third-order valence-electron chi connectivity index (χ3n) is 2.41. The number of ether oxygens (including phenoxy) is 1. The number of imidazole rings is 1. The van der Waals surface area contributed by atoms with Crippen molar-refractivity contribution in [2.45, 2.75) is 33.3 Å². The van der Waals surface area contributed by atoms with E-state index in [0.29, 0.717) is 11.0 Å². The maximum absolute atomic E-state index is 12.0. The Bertz CT molecular complexity index is 659. The number of hydrogen-bond donors (Lipinski definition) is 1. The maximum atomic E-state index is 12.0. The van der Waals surface area contributed by atoms with Gasteiger partial charge in [-0.1, -0.05) is 6.07 Å². The second kappa shape index (κ2) is 4.01. The van der Waals surface area contributed by atoms with Crippen LogP contribution in [-0.2, 0) is 4.74 Å². The largest absolute Gasteiger partial charge is 0.443 e. The summed E-state index contributed by atoms with van der Waals surface area (Å²) in [5, 5.41) is 0. The molecule has 0 aliphatic carbocycles. The van der Waals surface area contributed by atoms with Gasteiger partial charge in [-0.2, -0.15) is 4.57 Å². The molecule has 1 N–H and O–H groups in total. The quantitative estimate of drug-likeness (QED) is 0.778. The molecular weight excluding hydrogens is 232 g/mol. The van der Waals surface area contributed by atoms with Crippen molar-refractivity contribution in [3.8, 4) is 0 Å². The predicted molar refractivity (Wildman–Crippen MR) is 68.9 cm³/mol. The Kier molecular flexibility index (Phi) is 2.77. The standard InChI is InChI=1S/C13H16N2O3/c1-8-5-6-10-9(7-8)14-11(16)15(10)12(17)18-13(2,3)4/h5-7H,1-4H3,(H,14,16). The second-order valence-electron chi connectivity index (χ2n) is 5.27. The number of aryl methyl sites for hydroxylation is 1. The van der Waals surface area contributed by atoms with Gasteiger partial charge in [0.25, 0.3) is 0 Å². The molecule has 0 aliphatic heterocycles. The third kappa shape index (κ3) is 2.30. The van der Waals surface area contributed by atoms with Crippen molar-refractivity contribution < 1.29 is 9.53 Å². The number of H-pyrrole nitrogens is 1. The van der Waals surface area contributed by atoms with Crippen molar-refractivity contribution >= 4 is 17.1 Å². The first-order valence-electron chi connectivity index (χ1n) is 5.73. The van der Waals surface area contributed by atoms with Gasteiger partial charge in [-0.05, 0) is 45.4 Å². The SMILES string of the molecule is Cc1ccc2c(c1)[nH]c(=O)n2C(=O)OC(C)(C)C. The summed E-state index contributed by atoms with van der Waals surface area (Å²) in [6.07, 6.45) is -0.664. The lowest BCUT2D eigenvalue weighted by molar-refractivity contribution is 0.0538. The van der Waals surface area contributed by atoms with Crippen LogP contribution < -0.4 is 5.69 Å². The number of fused-ring (bicyclic) bond motifs is 1. The highest BCUT2D eigenvalue weighted by molar-refractivity contribution is 5.86. The van der Waals surface area contributed by atoms with E-state index in [4.69, 9.17) is 4.74 Å². The molecule has 5 nitrogen and oxygen atoms in total. The van der Waals surface area contributed by atoms with Crippen LogP contribution in [-0.4, -0.2) is 21.2 Å². The molecule has 0 saturated carbocycles. The van der Waals surface area contributed by atoms with E-state index in [1.807, 2.05) is 19.1 Å². The molecule has 0 aliphatic rings. The Hall–Kier alpha value is -2.04. The average molecular weight is 248 g/mol. The van der Waals surface area contributed by atoms with Gasteiger partial charge in [0.05, 0.1) is 11.0 Å². The van der Waals surface area contributed by atoms with Gasteiger partial charge in [0, 0.05) is 0 Å². The zero-order valence-electron chi connectivity index (χ0n) is 10.9. The summed E-state index contributed by atoms with van der Waals surface area (Å²) >= 11 is 0. The monoisotopic (exact) mass is 248 g/mol. The first-order chi connectivity index (χ1) is 8.28. The van der Waals surface area contributed by atoms with Gasteiger partial charge >= 0.3 is 11.8 Å². The highest BCUT2D eigenvalue weighted by Gasteiger charge is 2.21. The molecule has 0 bridgehead atoms. The minimum Gasteiger partial charge on any atom is -0.443 e. The minimum atomic E-state index is -0.664. The fraction of sp³-hybridized carbons (Fsp3) is 0.385. The Morgan fingerprint density at radius 3 is 2.61 bits per heavy atom. The smallest absolute Gasteiger partial charge is 0.423 e. The molecule has 0 unspecified atom stereocenters. The molecule has 0 saturated heterocycles. The van der Waals surface area contributed by atoms with Crippen LogP contribution in [0.2, 0.25) is 0 Å². The predicted octanol–water partition coefficient (Wildman–Crippen LogP) is 2.42. The van der Waals surface area contributed by atoms with Crippen molar-refractivity contribution in [2.24, 2.45) is 0 Å². The zero-order valence-corrected chi connectivity index (χ0v) is 10.9. The van der Waals surface area contributed by atoms with Gasteiger partial charge in [-0.3, -0.25) is 0 Å². The number of benzene rings is 1. The molecule has 2 rings (SSSR count). The molecule has 18 heavy (non-hydrogen) atoms. The van der Waals surface area contributed by atoms with E-state index in [1.165, 1.54) is 0 Å². The first kappa shape index (κ1) is 12.4. The molecular formula is C13H16N2O3. The Balaban J connectivity index is 2.54. The summed E-state index contributed by atoms with van der Waals surface area (Å²) in [6, 6.07) is 5.39. The van der Waals surface area contributed by atoms with Crippen molar-refractivity contribution in [1.29, 1.82) is 0 Å². The van der Waals surface area contributed by atoms with Gasteiger partial charge in [-0.15, -0.1) is 0 Å². The number of carbonyl (C=O) groups is 1. The Labute approximate surface area is 104 Å². The van der Waals surface area contributed by atoms with E-state index in [0.717, 1.165) is 10.1 Å². The summed E-state index contributed by atoms with van der Waals surface area (Å²) in [5.41, 5.74) is 1.06. The van der Waals surface area contributed by atoms with Crippen LogP contribution in [0, 0.1) is 6.92 Å². The van der Waals surface area contributed by atoms with E-state index >= 15 is 0 Å². The van der Waals surface area contributed by atoms with Crippen LogP contribution in [0.1, 0.15) is 26.3 Å². The van der Waals surface area contributed by atoms with Crippen LogP contribution in [0.4, 0.5) is 4.79 Å². The van der Waals surface area contributed by atoms with Crippen molar-refractivity contribution in [3.05, 3.63) is 34.2 Å². The van der Waals surface area contributed by atoms with Crippen molar-refractivity contribution in [2.75, 3.05) is 0 Å². The molecule has 0 radical (unpaired) electrons. The van der Waals surface area contributed by atoms with Crippen LogP contribution in [0.15, 0.2) is 23.0 Å². The summed E-state index contributed by atoms with van der Waals surface area (Å²) < 4.78 is 6.22. The number of nitrogens with zero attached hydrogens (tertiary/aromatic N) is 1. The molecule has 0 spiro atoms. The average Bonchev–Trinajstić information content (AvgIpc) is 2.50. The number of rotatable bonds is 0. The lowest BCUT2D eigenvalue weighted by Crippen LogP contribution is -2.32. The molecule has 0 amide bonds. The van der Waals surface area contributed by atoms with E-state index in [9.17, 15) is 9.59 Å². The third-order valence-corrected chi connectivity index (χ3v) is 2.41. The number of aromatic nitrogens is 2. The van der Waals surface area contributed by atoms with E-state index in [1.54, 1.807) is 26.8 Å². The highest BCUT2D eigenvalue weighted by Crippen LogP contribution is 2.14. The molecule has 2 aromatic rings. The Morgan fingerprint density at radius 1 is 1.33 bits per heavy atom. The fourth-order valence-corrected chi connectivity index (χ4v) is 1.71. The maximum Gasteiger partial charge on any atom is 0.423 e. The minimum absolute atomic E-state index is 0.482. The summed E-state index contributed by atoms with van der Waals surface area (Å²) in [6.45, 7) is 7.20. The van der Waals surface area contributed by atoms with Gasteiger partial charge < -0.3 is 9.72 Å². The topological polar surface area (TPSA) is 64.1 Å². The van der Waals surface area contributed by atoms with Crippen molar-refractivity contribution in [1.82, 2.24) is 9.55 Å². The van der Waals surface area contributed by atoms with Gasteiger partial charge in [0.1, 0.15) is 5.60 Å². The van der Waals surface area contributed by atoms with Gasteiger partial charge in [0.15, 0.2) is 0 Å². The second-order valence-corrected chi connectivity index (χ2v) is 5.27. The van der Waals surface area contributed by atoms with Gasteiger partial charge in [-0.25, -0.2) is 9.59 Å². The molecule has 0 fully saturated rings. The Morgan fingerprint density at radius 2 is 2.00 bits per heavy atom. The lowest BCUT2D eigenvalue weighted by atomic mass is 10.2. The molecule has 1 aromatic carbocycles. The number of carbonyl (C=O) groups excluding carboxylic acids is 1. The first-order valence-corrected chi connectivity index (χ1v) is 5.73.